The molecule has 4 atom stereocenters. The Bertz CT molecular complexity index is 2310. The predicted molar refractivity (Wildman–Crippen MR) is 216 cm³/mol. The van der Waals surface area contributed by atoms with E-state index in [9.17, 15) is 13.5 Å². The van der Waals surface area contributed by atoms with E-state index in [-0.39, 0.29) is 65.8 Å². The molecule has 13 nitrogen and oxygen atoms in total. The van der Waals surface area contributed by atoms with Crippen LogP contribution in [0, 0.1) is 11.8 Å². The van der Waals surface area contributed by atoms with Crippen molar-refractivity contribution in [2.75, 3.05) is 25.9 Å². The van der Waals surface area contributed by atoms with Gasteiger partial charge in [0.05, 0.1) is 24.4 Å². The molecule has 3 aromatic carbocycles. The van der Waals surface area contributed by atoms with E-state index in [0.717, 1.165) is 11.1 Å². The lowest BCUT2D eigenvalue weighted by Gasteiger charge is -2.55. The summed E-state index contributed by atoms with van der Waals surface area (Å²) in [6.45, 7) is 10.2. The summed E-state index contributed by atoms with van der Waals surface area (Å²) in [5, 5.41) is 16.8. The number of methoxy groups -OCH3 is 1. The highest BCUT2D eigenvalue weighted by molar-refractivity contribution is 7.73. The zero-order valence-corrected chi connectivity index (χ0v) is 35.3. The van der Waals surface area contributed by atoms with Gasteiger partial charge in [-0.3, -0.25) is 19.2 Å². The number of allylic oxidation sites excluding steroid dienone is 1. The molecule has 0 saturated carbocycles. The largest absolute Gasteiger partial charge is 0.508 e. The van der Waals surface area contributed by atoms with Gasteiger partial charge >= 0.3 is 0 Å². The van der Waals surface area contributed by atoms with Crippen LogP contribution in [0.3, 0.4) is 0 Å². The number of aliphatic hydroxyl groups is 1. The Morgan fingerprint density at radius 2 is 1.60 bits per heavy atom. The number of carbonyl (C=O) groups excluding carboxylic acids is 2. The Balaban J connectivity index is 1.45. The van der Waals surface area contributed by atoms with Crippen LogP contribution in [0.1, 0.15) is 76.4 Å². The number of ether oxygens (including phenoxy) is 3. The maximum Gasteiger partial charge on any atom is 0.265 e. The number of Topliss-reactive ketones (excluding diaryl/α,β-unsaturated/α-hetero) is 2. The van der Waals surface area contributed by atoms with Gasteiger partial charge in [-0.05, 0) is 67.3 Å². The van der Waals surface area contributed by atoms with Gasteiger partial charge in [0.15, 0.2) is 31.2 Å². The standard InChI is InChI=1S/C42H49N3O10SSi/c1-41(2,3)57(7,8)55-42-28(34(45(4)5)37-33(39(42)48)40(43-54-37)53-23-25-17-13-10-14-18-25)20-26-19-27-30(51-6)21-29(44-56(49)50)36(32(27)35(46)31(26)38(42)47)52-22-24-15-11-9-12-16-24/h9-18,21,26,28,34,47,56H,19-20,22-23H2,1-8H3,(H,44,49,50)/t26-,28-,34-,42?/m0/s1. The molecule has 57 heavy (non-hydrogen) atoms. The molecule has 2 N–H and O–H groups in total. The second kappa shape index (κ2) is 15.1. The van der Waals surface area contributed by atoms with Crippen molar-refractivity contribution in [3.8, 4) is 17.4 Å². The van der Waals surface area contributed by atoms with Crippen LogP contribution >= 0.6 is 0 Å². The van der Waals surface area contributed by atoms with Crippen molar-refractivity contribution < 1.29 is 46.3 Å². The van der Waals surface area contributed by atoms with Crippen molar-refractivity contribution in [2.24, 2.45) is 11.8 Å². The Kier molecular flexibility index (Phi) is 10.6. The van der Waals surface area contributed by atoms with Crippen LogP contribution in [-0.2, 0) is 35.0 Å². The van der Waals surface area contributed by atoms with Crippen molar-refractivity contribution in [3.63, 3.8) is 0 Å². The fraction of sp³-hybridized carbons (Fsp3) is 0.405. The number of thiol groups is 1. The first-order valence-corrected chi connectivity index (χ1v) is 23.0. The third-order valence-electron chi connectivity index (χ3n) is 11.9. The van der Waals surface area contributed by atoms with Crippen LogP contribution < -0.4 is 18.9 Å². The fourth-order valence-electron chi connectivity index (χ4n) is 8.22. The number of hydrogen-bond donors (Lipinski definition) is 3. The number of aliphatic hydroxyl groups excluding tert-OH is 1. The highest BCUT2D eigenvalue weighted by atomic mass is 32.2. The molecule has 0 saturated heterocycles. The number of aromatic nitrogens is 1. The Labute approximate surface area is 335 Å². The molecule has 15 heteroatoms. The first kappa shape index (κ1) is 40.2. The molecule has 0 radical (unpaired) electrons. The number of nitrogens with one attached hydrogen (secondary N) is 1. The highest BCUT2D eigenvalue weighted by Crippen LogP contribution is 2.60. The minimum Gasteiger partial charge on any atom is -0.508 e. The Morgan fingerprint density at radius 3 is 2.16 bits per heavy atom. The maximum absolute atomic E-state index is 15.5. The van der Waals surface area contributed by atoms with Gasteiger partial charge < -0.3 is 28.3 Å². The highest BCUT2D eigenvalue weighted by Gasteiger charge is 2.67. The summed E-state index contributed by atoms with van der Waals surface area (Å²) in [6.07, 6.45) is 0.453. The van der Waals surface area contributed by atoms with Gasteiger partial charge in [-0.15, -0.1) is 0 Å². The van der Waals surface area contributed by atoms with Gasteiger partial charge in [0.2, 0.25) is 16.7 Å². The minimum atomic E-state index is -3.18. The molecule has 1 heterocycles. The van der Waals surface area contributed by atoms with Crippen LogP contribution in [-0.4, -0.2) is 70.3 Å². The van der Waals surface area contributed by atoms with E-state index in [4.69, 9.17) is 23.2 Å². The normalized spacial score (nSPS) is 21.8. The average molecular weight is 816 g/mol. The fourth-order valence-corrected chi connectivity index (χ4v) is 10.0. The number of anilines is 1. The van der Waals surface area contributed by atoms with Gasteiger partial charge in [0.1, 0.15) is 30.3 Å². The van der Waals surface area contributed by atoms with Gasteiger partial charge in [-0.2, -0.15) is 0 Å². The van der Waals surface area contributed by atoms with Crippen LogP contribution in [0.4, 0.5) is 5.69 Å². The molecule has 1 aromatic heterocycles. The minimum absolute atomic E-state index is 0.00110. The van der Waals surface area contributed by atoms with E-state index in [2.05, 4.69) is 9.88 Å². The molecule has 0 aliphatic heterocycles. The van der Waals surface area contributed by atoms with Crippen LogP contribution in [0.15, 0.2) is 82.6 Å². The van der Waals surface area contributed by atoms with Crippen LogP contribution in [0.5, 0.6) is 17.4 Å². The van der Waals surface area contributed by atoms with Crippen LogP contribution in [0.2, 0.25) is 18.1 Å². The molecule has 7 rings (SSSR count). The molecule has 302 valence electrons. The summed E-state index contributed by atoms with van der Waals surface area (Å²) in [6, 6.07) is 19.6. The third kappa shape index (κ3) is 6.93. The molecule has 4 aromatic rings. The van der Waals surface area contributed by atoms with Crippen LogP contribution in [0.25, 0.3) is 0 Å². The first-order valence-electron chi connectivity index (χ1n) is 18.9. The van der Waals surface area contributed by atoms with Crippen molar-refractivity contribution in [2.45, 2.75) is 76.6 Å². The lowest BCUT2D eigenvalue weighted by atomic mass is 9.58. The topological polar surface area (TPSA) is 167 Å². The summed E-state index contributed by atoms with van der Waals surface area (Å²) >= 11 is 0. The maximum atomic E-state index is 15.5. The summed E-state index contributed by atoms with van der Waals surface area (Å²) in [5.74, 6) is -2.51. The first-order chi connectivity index (χ1) is 27.0. The zero-order chi connectivity index (χ0) is 41.0. The number of benzene rings is 3. The molecule has 0 amide bonds. The monoisotopic (exact) mass is 815 g/mol. The van der Waals surface area contributed by atoms with E-state index in [1.54, 1.807) is 0 Å². The SMILES string of the molecule is COc1cc(N[SH](=O)=O)c(OCc2ccccc2)c2c1C[C@H]1C[C@H]3[C@H](N(C)C)c4onc(OCc5ccccc5)c4C(=O)C3(O[Si](C)(C)C(C)(C)C)C(O)=C1C2=O. The Morgan fingerprint density at radius 1 is 0.982 bits per heavy atom. The summed E-state index contributed by atoms with van der Waals surface area (Å²) < 4.78 is 58.1. The smallest absolute Gasteiger partial charge is 0.265 e. The predicted octanol–water partition coefficient (Wildman–Crippen LogP) is 7.23. The lowest BCUT2D eigenvalue weighted by Crippen LogP contribution is -2.65. The van der Waals surface area contributed by atoms with Crippen molar-refractivity contribution in [3.05, 3.63) is 112 Å². The quantitative estimate of drug-likeness (QED) is 0.0972. The Hall–Kier alpha value is -4.96. The number of fused-ring (bicyclic) bond motifs is 4. The van der Waals surface area contributed by atoms with Crippen molar-refractivity contribution in [1.29, 1.82) is 0 Å². The van der Waals surface area contributed by atoms with Gasteiger partial charge in [0, 0.05) is 23.1 Å². The molecular formula is C42H49N3O10SSi. The van der Waals surface area contributed by atoms with Gasteiger partial charge in [-0.1, -0.05) is 81.4 Å². The average Bonchev–Trinajstić information content (AvgIpc) is 3.58. The van der Waals surface area contributed by atoms with Crippen molar-refractivity contribution in [1.82, 2.24) is 10.1 Å². The van der Waals surface area contributed by atoms with Gasteiger partial charge in [-0.25, -0.2) is 8.42 Å². The second-order valence-corrected chi connectivity index (χ2v) is 22.1. The van der Waals surface area contributed by atoms with E-state index in [0.29, 0.717) is 11.3 Å². The van der Waals surface area contributed by atoms with Crippen molar-refractivity contribution >= 4 is 36.5 Å². The van der Waals surface area contributed by atoms with Gasteiger partial charge in [0.25, 0.3) is 5.88 Å². The molecule has 3 aliphatic rings. The number of ketones is 2. The zero-order valence-electron chi connectivity index (χ0n) is 33.4. The summed E-state index contributed by atoms with van der Waals surface area (Å²) in [4.78, 5) is 32.7. The molecular weight excluding hydrogens is 767 g/mol. The summed E-state index contributed by atoms with van der Waals surface area (Å²) in [5.41, 5.74) is 0.177. The van der Waals surface area contributed by atoms with E-state index in [1.165, 1.54) is 13.2 Å². The number of hydrogen-bond acceptors (Lipinski definition) is 12. The molecule has 0 fully saturated rings. The third-order valence-corrected chi connectivity index (χ3v) is 16.8. The summed E-state index contributed by atoms with van der Waals surface area (Å²) in [7, 11) is -0.974. The number of rotatable bonds is 12. The number of carbonyl (C=O) groups is 2. The molecule has 0 spiro atoms. The molecule has 1 unspecified atom stereocenters. The number of nitrogens with zero attached hydrogens (tertiary/aromatic N) is 2. The van der Waals surface area contributed by atoms with E-state index < -0.39 is 65.1 Å². The lowest BCUT2D eigenvalue weighted by molar-refractivity contribution is -0.0480. The second-order valence-electron chi connectivity index (χ2n) is 16.6. The molecule has 3 aliphatic carbocycles. The van der Waals surface area contributed by atoms with E-state index in [1.807, 2.05) is 114 Å². The molecule has 0 bridgehead atoms. The van der Waals surface area contributed by atoms with E-state index >= 15 is 9.59 Å².